The summed E-state index contributed by atoms with van der Waals surface area (Å²) in [5.41, 5.74) is -1.37. The largest absolute Gasteiger partial charge is 0.497 e. The van der Waals surface area contributed by atoms with E-state index in [1.807, 2.05) is 6.07 Å². The highest BCUT2D eigenvalue weighted by Crippen LogP contribution is 2.41. The van der Waals surface area contributed by atoms with E-state index in [0.717, 1.165) is 28.8 Å². The number of aromatic hydroxyl groups is 1. The monoisotopic (exact) mass is 292 g/mol. The molecule has 0 amide bonds. The molecule has 0 unspecified atom stereocenters. The van der Waals surface area contributed by atoms with Gasteiger partial charge in [-0.15, -0.1) is 0 Å². The van der Waals surface area contributed by atoms with Crippen LogP contribution in [-0.4, -0.2) is 15.0 Å². The number of rotatable bonds is 4. The number of nitrogens with zero attached hydrogens (tertiary/aromatic N) is 2. The Morgan fingerprint density at radius 3 is 1.85 bits per heavy atom. The molecule has 0 aromatic heterocycles. The molecule has 7 nitrogen and oxygen atoms in total. The van der Waals surface area contributed by atoms with Crippen LogP contribution >= 0.6 is 11.8 Å². The normalized spacial score (nSPS) is 10.2. The average molecular weight is 292 g/mol. The number of benzene rings is 2. The number of nitro groups is 2. The Hall–Kier alpha value is -2.61. The molecule has 0 bridgehead atoms. The maximum atomic E-state index is 10.8. The summed E-state index contributed by atoms with van der Waals surface area (Å²) in [4.78, 5) is 21.0. The van der Waals surface area contributed by atoms with Crippen LogP contribution in [0.5, 0.6) is 5.75 Å². The first-order valence-corrected chi connectivity index (χ1v) is 6.19. The maximum Gasteiger partial charge on any atom is 0.319 e. The van der Waals surface area contributed by atoms with Gasteiger partial charge in [0.1, 0.15) is 0 Å². The predicted octanol–water partition coefficient (Wildman–Crippen LogP) is 3.36. The smallest absolute Gasteiger partial charge is 0.319 e. The third-order valence-corrected chi connectivity index (χ3v) is 3.39. The maximum absolute atomic E-state index is 10.8. The highest BCUT2D eigenvalue weighted by molar-refractivity contribution is 7.99. The van der Waals surface area contributed by atoms with Gasteiger partial charge in [-0.1, -0.05) is 30.0 Å². The van der Waals surface area contributed by atoms with Gasteiger partial charge >= 0.3 is 11.4 Å². The van der Waals surface area contributed by atoms with E-state index in [1.165, 1.54) is 0 Å². The van der Waals surface area contributed by atoms with Crippen LogP contribution in [-0.2, 0) is 0 Å². The Bertz CT molecular complexity index is 640. The summed E-state index contributed by atoms with van der Waals surface area (Å²) in [5, 5.41) is 31.2. The Morgan fingerprint density at radius 2 is 1.40 bits per heavy atom. The number of hydrogen-bond donors (Lipinski definition) is 1. The highest BCUT2D eigenvalue weighted by Gasteiger charge is 2.26. The first-order valence-electron chi connectivity index (χ1n) is 5.37. The molecule has 0 fully saturated rings. The first-order chi connectivity index (χ1) is 9.49. The molecule has 0 aliphatic carbocycles. The van der Waals surface area contributed by atoms with Gasteiger partial charge in [-0.05, 0) is 12.1 Å². The van der Waals surface area contributed by atoms with Crippen LogP contribution in [0.1, 0.15) is 0 Å². The second-order valence-electron chi connectivity index (χ2n) is 3.74. The van der Waals surface area contributed by atoms with Crippen molar-refractivity contribution in [2.45, 2.75) is 9.79 Å². The molecule has 2 rings (SSSR count). The van der Waals surface area contributed by atoms with Gasteiger partial charge in [0.2, 0.25) is 0 Å². The highest BCUT2D eigenvalue weighted by atomic mass is 32.2. The summed E-state index contributed by atoms with van der Waals surface area (Å²) < 4.78 is 0. The molecule has 8 heteroatoms. The molecule has 0 aliphatic heterocycles. The van der Waals surface area contributed by atoms with Gasteiger partial charge in [-0.3, -0.25) is 20.2 Å². The van der Waals surface area contributed by atoms with E-state index in [1.54, 1.807) is 24.3 Å². The summed E-state index contributed by atoms with van der Waals surface area (Å²) in [6, 6.07) is 11.1. The lowest BCUT2D eigenvalue weighted by molar-refractivity contribution is -0.396. The average Bonchev–Trinajstić information content (AvgIpc) is 2.41. The predicted molar refractivity (Wildman–Crippen MR) is 72.0 cm³/mol. The van der Waals surface area contributed by atoms with Crippen molar-refractivity contribution in [1.29, 1.82) is 0 Å². The molecule has 2 aromatic rings. The molecule has 0 heterocycles. The third-order valence-electron chi connectivity index (χ3n) is 2.42. The fraction of sp³-hybridized carbons (Fsp3) is 0. The quantitative estimate of drug-likeness (QED) is 0.684. The molecule has 2 aromatic carbocycles. The minimum Gasteiger partial charge on any atom is -0.497 e. The number of phenols is 1. The Kier molecular flexibility index (Phi) is 3.85. The van der Waals surface area contributed by atoms with Gasteiger partial charge in [0.15, 0.2) is 0 Å². The molecule has 102 valence electrons. The van der Waals surface area contributed by atoms with Crippen molar-refractivity contribution in [1.82, 2.24) is 0 Å². The third kappa shape index (κ3) is 2.86. The van der Waals surface area contributed by atoms with Crippen molar-refractivity contribution >= 4 is 23.1 Å². The lowest BCUT2D eigenvalue weighted by atomic mass is 10.2. The minimum absolute atomic E-state index is 0.312. The molecule has 20 heavy (non-hydrogen) atoms. The summed E-state index contributed by atoms with van der Waals surface area (Å²) in [7, 11) is 0. The topological polar surface area (TPSA) is 107 Å². The molecule has 1 N–H and O–H groups in total. The van der Waals surface area contributed by atoms with Crippen molar-refractivity contribution in [3.05, 3.63) is 62.7 Å². The lowest BCUT2D eigenvalue weighted by Crippen LogP contribution is -1.95. The zero-order valence-electron chi connectivity index (χ0n) is 9.92. The van der Waals surface area contributed by atoms with E-state index in [-0.39, 0.29) is 0 Å². The van der Waals surface area contributed by atoms with Gasteiger partial charge in [-0.25, -0.2) is 0 Å². The Balaban J connectivity index is 2.49. The SMILES string of the molecule is O=[N+]([O-])c1cc(Sc2ccccc2)cc([N+](=O)[O-])c1O. The molecule has 0 saturated carbocycles. The van der Waals surface area contributed by atoms with Crippen LogP contribution in [0.2, 0.25) is 0 Å². The van der Waals surface area contributed by atoms with Gasteiger partial charge in [0.05, 0.1) is 9.85 Å². The van der Waals surface area contributed by atoms with Crippen molar-refractivity contribution in [2.75, 3.05) is 0 Å². The molecular weight excluding hydrogens is 284 g/mol. The fourth-order valence-corrected chi connectivity index (χ4v) is 2.45. The van der Waals surface area contributed by atoms with E-state index in [0.29, 0.717) is 4.90 Å². The summed E-state index contributed by atoms with van der Waals surface area (Å²) in [6.07, 6.45) is 0. The number of nitro benzene ring substituents is 2. The molecule has 0 aliphatic rings. The van der Waals surface area contributed by atoms with Crippen molar-refractivity contribution < 1.29 is 15.0 Å². The second-order valence-corrected chi connectivity index (χ2v) is 4.89. The van der Waals surface area contributed by atoms with Gasteiger partial charge < -0.3 is 5.11 Å². The van der Waals surface area contributed by atoms with Crippen LogP contribution in [0.4, 0.5) is 11.4 Å². The minimum atomic E-state index is -0.933. The number of phenolic OH excluding ortho intramolecular Hbond substituents is 1. The fourth-order valence-electron chi connectivity index (χ4n) is 1.54. The van der Waals surface area contributed by atoms with Crippen molar-refractivity contribution in [3.63, 3.8) is 0 Å². The molecule has 0 spiro atoms. The zero-order valence-corrected chi connectivity index (χ0v) is 10.7. The van der Waals surface area contributed by atoms with Crippen LogP contribution in [0, 0.1) is 20.2 Å². The first kappa shape index (κ1) is 13.8. The molecule has 0 radical (unpaired) electrons. The number of hydrogen-bond acceptors (Lipinski definition) is 6. The van der Waals surface area contributed by atoms with E-state index in [2.05, 4.69) is 0 Å². The standard InChI is InChI=1S/C12H8N2O5S/c15-12-10(13(16)17)6-9(7-11(12)14(18)19)20-8-4-2-1-3-5-8/h1-7,15H. The van der Waals surface area contributed by atoms with E-state index >= 15 is 0 Å². The lowest BCUT2D eigenvalue weighted by Gasteiger charge is -2.03. The second kappa shape index (κ2) is 5.57. The van der Waals surface area contributed by atoms with Crippen molar-refractivity contribution in [2.24, 2.45) is 0 Å². The van der Waals surface area contributed by atoms with E-state index < -0.39 is 27.0 Å². The van der Waals surface area contributed by atoms with Crippen LogP contribution in [0.3, 0.4) is 0 Å². The summed E-state index contributed by atoms with van der Waals surface area (Å²) in [5.74, 6) is -0.933. The van der Waals surface area contributed by atoms with Gasteiger partial charge in [0, 0.05) is 21.9 Å². The van der Waals surface area contributed by atoms with E-state index in [9.17, 15) is 25.3 Å². The van der Waals surface area contributed by atoms with Gasteiger partial charge in [-0.2, -0.15) is 0 Å². The van der Waals surface area contributed by atoms with Gasteiger partial charge in [0.25, 0.3) is 5.75 Å². The van der Waals surface area contributed by atoms with Crippen molar-refractivity contribution in [3.8, 4) is 5.75 Å². The summed E-state index contributed by atoms with van der Waals surface area (Å²) in [6.45, 7) is 0. The molecule has 0 atom stereocenters. The van der Waals surface area contributed by atoms with Crippen LogP contribution in [0.25, 0.3) is 0 Å². The molecular formula is C12H8N2O5S. The Labute approximate surface area is 117 Å². The van der Waals surface area contributed by atoms with E-state index in [4.69, 9.17) is 0 Å². The zero-order chi connectivity index (χ0) is 14.7. The molecule has 0 saturated heterocycles. The Morgan fingerprint density at radius 1 is 0.900 bits per heavy atom. The van der Waals surface area contributed by atoms with Crippen LogP contribution < -0.4 is 0 Å². The van der Waals surface area contributed by atoms with Crippen LogP contribution in [0.15, 0.2) is 52.3 Å². The summed E-state index contributed by atoms with van der Waals surface area (Å²) >= 11 is 1.14.